The van der Waals surface area contributed by atoms with Crippen LogP contribution in [0.4, 0.5) is 10.1 Å². The number of nitrogen functional groups attached to an aromatic ring is 1. The smallest absolute Gasteiger partial charge is 0.196 e. The van der Waals surface area contributed by atoms with E-state index in [9.17, 15) is 9.18 Å². The minimum atomic E-state index is -0.692. The molecule has 0 aromatic heterocycles. The van der Waals surface area contributed by atoms with E-state index in [1.54, 1.807) is 6.07 Å². The van der Waals surface area contributed by atoms with Crippen molar-refractivity contribution in [2.24, 2.45) is 0 Å². The molecule has 0 heterocycles. The molecule has 0 fully saturated rings. The van der Waals surface area contributed by atoms with E-state index in [0.717, 1.165) is 0 Å². The summed E-state index contributed by atoms with van der Waals surface area (Å²) in [7, 11) is 1.34. The van der Waals surface area contributed by atoms with Crippen LogP contribution in [0.5, 0.6) is 5.75 Å². The molecule has 0 bridgehead atoms. The van der Waals surface area contributed by atoms with Gasteiger partial charge < -0.3 is 10.5 Å². The Morgan fingerprint density at radius 1 is 1.32 bits per heavy atom. The van der Waals surface area contributed by atoms with Crippen LogP contribution in [0.2, 0.25) is 5.02 Å². The van der Waals surface area contributed by atoms with Crippen LogP contribution < -0.4 is 10.5 Å². The van der Waals surface area contributed by atoms with Gasteiger partial charge in [0.25, 0.3) is 0 Å². The van der Waals surface area contributed by atoms with E-state index < -0.39 is 11.6 Å². The molecular weight excluding hydrogens is 269 g/mol. The summed E-state index contributed by atoms with van der Waals surface area (Å²) >= 11 is 5.85. The number of ketones is 1. The van der Waals surface area contributed by atoms with E-state index in [0.29, 0.717) is 5.69 Å². The van der Waals surface area contributed by atoms with Crippen LogP contribution in [-0.4, -0.2) is 12.9 Å². The van der Waals surface area contributed by atoms with Gasteiger partial charge in [-0.15, -0.1) is 0 Å². The third-order valence-electron chi connectivity index (χ3n) is 2.69. The monoisotopic (exact) mass is 279 g/mol. The van der Waals surface area contributed by atoms with Gasteiger partial charge in [-0.1, -0.05) is 17.7 Å². The first-order chi connectivity index (χ1) is 9.04. The Balaban J connectivity index is 2.47. The van der Waals surface area contributed by atoms with Gasteiger partial charge in [-0.3, -0.25) is 4.79 Å². The van der Waals surface area contributed by atoms with Crippen LogP contribution in [0.25, 0.3) is 0 Å². The van der Waals surface area contributed by atoms with Crippen molar-refractivity contribution in [3.63, 3.8) is 0 Å². The summed E-state index contributed by atoms with van der Waals surface area (Å²) in [6, 6.07) is 8.81. The zero-order chi connectivity index (χ0) is 14.0. The minimum Gasteiger partial charge on any atom is -0.494 e. The lowest BCUT2D eigenvalue weighted by molar-refractivity contribution is 0.103. The van der Waals surface area contributed by atoms with Gasteiger partial charge in [-0.05, 0) is 30.3 Å². The molecule has 2 aromatic rings. The summed E-state index contributed by atoms with van der Waals surface area (Å²) in [5, 5.41) is 0.258. The number of anilines is 1. The molecule has 2 aromatic carbocycles. The second-order valence-corrected chi connectivity index (χ2v) is 4.29. The average Bonchev–Trinajstić information content (AvgIpc) is 2.41. The summed E-state index contributed by atoms with van der Waals surface area (Å²) < 4.78 is 18.8. The molecule has 0 aliphatic heterocycles. The number of rotatable bonds is 3. The maximum atomic E-state index is 14.0. The highest BCUT2D eigenvalue weighted by Gasteiger charge is 2.17. The Morgan fingerprint density at radius 3 is 2.68 bits per heavy atom. The second kappa shape index (κ2) is 5.28. The molecule has 0 radical (unpaired) electrons. The predicted octanol–water partition coefficient (Wildman–Crippen LogP) is 3.30. The lowest BCUT2D eigenvalue weighted by Gasteiger charge is -2.07. The number of carbonyl (C=O) groups excluding carboxylic acids is 1. The number of benzene rings is 2. The molecule has 0 atom stereocenters. The van der Waals surface area contributed by atoms with Crippen LogP contribution in [-0.2, 0) is 0 Å². The van der Waals surface area contributed by atoms with Gasteiger partial charge in [-0.2, -0.15) is 0 Å². The highest BCUT2D eigenvalue weighted by atomic mass is 35.5. The largest absolute Gasteiger partial charge is 0.494 e. The van der Waals surface area contributed by atoms with Crippen LogP contribution in [0, 0.1) is 5.82 Å². The maximum Gasteiger partial charge on any atom is 0.196 e. The molecule has 0 saturated heterocycles. The Hall–Kier alpha value is -2.07. The molecule has 0 spiro atoms. The highest BCUT2D eigenvalue weighted by Crippen LogP contribution is 2.25. The zero-order valence-electron chi connectivity index (χ0n) is 10.1. The fraction of sp³-hybridized carbons (Fsp3) is 0.0714. The molecule has 5 heteroatoms. The lowest BCUT2D eigenvalue weighted by atomic mass is 10.0. The molecule has 0 unspecified atom stereocenters. The standard InChI is InChI=1S/C14H11ClFNO2/c1-19-12-4-2-3-9(13(12)16)14(18)8-5-6-11(17)10(15)7-8/h2-7H,17H2,1H3. The summed E-state index contributed by atoms with van der Waals surface area (Å²) in [5.74, 6) is -1.14. The van der Waals surface area contributed by atoms with Gasteiger partial charge >= 0.3 is 0 Å². The van der Waals surface area contributed by atoms with Gasteiger partial charge in [0.05, 0.1) is 23.4 Å². The van der Waals surface area contributed by atoms with E-state index in [-0.39, 0.29) is 21.9 Å². The molecule has 2 N–H and O–H groups in total. The summed E-state index contributed by atoms with van der Waals surface area (Å²) in [6.07, 6.45) is 0. The van der Waals surface area contributed by atoms with Crippen molar-refractivity contribution >= 4 is 23.1 Å². The van der Waals surface area contributed by atoms with Crippen molar-refractivity contribution in [1.82, 2.24) is 0 Å². The van der Waals surface area contributed by atoms with Crippen LogP contribution in [0.3, 0.4) is 0 Å². The molecule has 98 valence electrons. The average molecular weight is 280 g/mol. The van der Waals surface area contributed by atoms with Gasteiger partial charge in [0, 0.05) is 5.56 Å². The van der Waals surface area contributed by atoms with E-state index in [2.05, 4.69) is 0 Å². The van der Waals surface area contributed by atoms with Gasteiger partial charge in [0.1, 0.15) is 0 Å². The number of methoxy groups -OCH3 is 1. The number of nitrogens with two attached hydrogens (primary N) is 1. The number of hydrogen-bond acceptors (Lipinski definition) is 3. The third kappa shape index (κ3) is 2.53. The third-order valence-corrected chi connectivity index (χ3v) is 3.02. The van der Waals surface area contributed by atoms with E-state index in [4.69, 9.17) is 22.1 Å². The summed E-state index contributed by atoms with van der Waals surface area (Å²) in [4.78, 5) is 12.2. The molecule has 0 aliphatic rings. The topological polar surface area (TPSA) is 52.3 Å². The van der Waals surface area contributed by atoms with Gasteiger partial charge in [-0.25, -0.2) is 4.39 Å². The van der Waals surface area contributed by atoms with Crippen LogP contribution >= 0.6 is 11.6 Å². The predicted molar refractivity (Wildman–Crippen MR) is 72.2 cm³/mol. The zero-order valence-corrected chi connectivity index (χ0v) is 10.9. The van der Waals surface area contributed by atoms with E-state index in [1.165, 1.54) is 37.4 Å². The molecule has 0 amide bonds. The van der Waals surface area contributed by atoms with Crippen molar-refractivity contribution in [3.05, 3.63) is 58.4 Å². The molecule has 2 rings (SSSR count). The van der Waals surface area contributed by atoms with Crippen molar-refractivity contribution in [2.75, 3.05) is 12.8 Å². The molecular formula is C14H11ClFNO2. The maximum absolute atomic E-state index is 14.0. The lowest BCUT2D eigenvalue weighted by Crippen LogP contribution is -2.06. The first kappa shape index (κ1) is 13.4. The van der Waals surface area contributed by atoms with Crippen molar-refractivity contribution in [2.45, 2.75) is 0 Å². The Bertz CT molecular complexity index is 643. The number of ether oxygens (including phenoxy) is 1. The van der Waals surface area contributed by atoms with Crippen LogP contribution in [0.1, 0.15) is 15.9 Å². The summed E-state index contributed by atoms with van der Waals surface area (Å²) in [6.45, 7) is 0. The Kier molecular flexibility index (Phi) is 3.71. The van der Waals surface area contributed by atoms with Crippen molar-refractivity contribution < 1.29 is 13.9 Å². The first-order valence-corrected chi connectivity index (χ1v) is 5.84. The van der Waals surface area contributed by atoms with Crippen molar-refractivity contribution in [1.29, 1.82) is 0 Å². The molecule has 19 heavy (non-hydrogen) atoms. The SMILES string of the molecule is COc1cccc(C(=O)c2ccc(N)c(Cl)c2)c1F. The van der Waals surface area contributed by atoms with Crippen molar-refractivity contribution in [3.8, 4) is 5.75 Å². The fourth-order valence-corrected chi connectivity index (χ4v) is 1.85. The number of carbonyl (C=O) groups is 1. The first-order valence-electron chi connectivity index (χ1n) is 5.47. The molecule has 0 saturated carbocycles. The number of halogens is 2. The molecule has 0 aliphatic carbocycles. The van der Waals surface area contributed by atoms with Gasteiger partial charge in [0.2, 0.25) is 0 Å². The Morgan fingerprint density at radius 2 is 2.05 bits per heavy atom. The normalized spacial score (nSPS) is 10.3. The van der Waals surface area contributed by atoms with Gasteiger partial charge in [0.15, 0.2) is 17.3 Å². The number of hydrogen-bond donors (Lipinski definition) is 1. The van der Waals surface area contributed by atoms with E-state index in [1.807, 2.05) is 0 Å². The Labute approximate surface area is 114 Å². The summed E-state index contributed by atoms with van der Waals surface area (Å²) in [5.41, 5.74) is 6.13. The highest BCUT2D eigenvalue weighted by molar-refractivity contribution is 6.33. The van der Waals surface area contributed by atoms with E-state index >= 15 is 0 Å². The second-order valence-electron chi connectivity index (χ2n) is 3.89. The minimum absolute atomic E-state index is 0.0207. The quantitative estimate of drug-likeness (QED) is 0.693. The van der Waals surface area contributed by atoms with Crippen LogP contribution in [0.15, 0.2) is 36.4 Å². The fourth-order valence-electron chi connectivity index (χ4n) is 1.67. The molecule has 3 nitrogen and oxygen atoms in total.